The molecular formula is C11H7BrN2O3. The van der Waals surface area contributed by atoms with Gasteiger partial charge in [-0.05, 0) is 39.7 Å². The number of rotatable bonds is 2. The molecule has 1 aliphatic rings. The predicted octanol–water partition coefficient (Wildman–Crippen LogP) is 1.57. The fraction of sp³-hybridized carbons (Fsp3) is 0.0909. The summed E-state index contributed by atoms with van der Waals surface area (Å²) < 4.78 is 11.1. The van der Waals surface area contributed by atoms with E-state index in [4.69, 9.17) is 20.5 Å². The number of nitriles is 1. The maximum Gasteiger partial charge on any atom is 0.259 e. The Bertz CT molecular complexity index is 561. The maximum absolute atomic E-state index is 10.9. The number of amides is 1. The van der Waals surface area contributed by atoms with Crippen LogP contribution in [-0.4, -0.2) is 12.7 Å². The van der Waals surface area contributed by atoms with Gasteiger partial charge in [0.1, 0.15) is 11.6 Å². The maximum atomic E-state index is 10.9. The van der Waals surface area contributed by atoms with Gasteiger partial charge in [0.25, 0.3) is 5.91 Å². The van der Waals surface area contributed by atoms with E-state index in [0.29, 0.717) is 21.5 Å². The van der Waals surface area contributed by atoms with Crippen molar-refractivity contribution in [1.82, 2.24) is 0 Å². The Labute approximate surface area is 106 Å². The van der Waals surface area contributed by atoms with Gasteiger partial charge in [-0.3, -0.25) is 4.79 Å². The van der Waals surface area contributed by atoms with Crippen LogP contribution in [0.3, 0.4) is 0 Å². The van der Waals surface area contributed by atoms with Gasteiger partial charge in [0, 0.05) is 0 Å². The van der Waals surface area contributed by atoms with E-state index < -0.39 is 5.91 Å². The Morgan fingerprint density at radius 1 is 1.53 bits per heavy atom. The first-order valence-corrected chi connectivity index (χ1v) is 5.42. The molecule has 0 radical (unpaired) electrons. The second kappa shape index (κ2) is 4.47. The van der Waals surface area contributed by atoms with Crippen molar-refractivity contribution in [3.63, 3.8) is 0 Å². The molecule has 86 valence electrons. The molecule has 1 aliphatic heterocycles. The molecule has 0 spiro atoms. The van der Waals surface area contributed by atoms with Crippen molar-refractivity contribution in [1.29, 1.82) is 5.26 Å². The van der Waals surface area contributed by atoms with Gasteiger partial charge < -0.3 is 15.2 Å². The van der Waals surface area contributed by atoms with Crippen molar-refractivity contribution in [2.24, 2.45) is 5.73 Å². The number of nitrogens with two attached hydrogens (primary N) is 1. The van der Waals surface area contributed by atoms with Gasteiger partial charge in [0.15, 0.2) is 11.5 Å². The van der Waals surface area contributed by atoms with E-state index in [1.54, 1.807) is 18.2 Å². The highest BCUT2D eigenvalue weighted by Crippen LogP contribution is 2.40. The third-order valence-electron chi connectivity index (χ3n) is 2.15. The first kappa shape index (κ1) is 11.5. The van der Waals surface area contributed by atoms with Crippen molar-refractivity contribution in [3.05, 3.63) is 27.7 Å². The summed E-state index contributed by atoms with van der Waals surface area (Å²) in [5, 5.41) is 8.73. The Hall–Kier alpha value is -2.00. The highest BCUT2D eigenvalue weighted by Gasteiger charge is 2.17. The normalized spacial score (nSPS) is 13.3. The number of fused-ring (bicyclic) bond motifs is 1. The highest BCUT2D eigenvalue weighted by atomic mass is 79.9. The van der Waals surface area contributed by atoms with E-state index in [9.17, 15) is 4.79 Å². The van der Waals surface area contributed by atoms with Crippen LogP contribution < -0.4 is 15.2 Å². The number of carbonyl (C=O) groups is 1. The minimum atomic E-state index is -0.763. The molecule has 0 saturated heterocycles. The van der Waals surface area contributed by atoms with Crippen molar-refractivity contribution in [2.75, 3.05) is 6.79 Å². The fourth-order valence-electron chi connectivity index (χ4n) is 1.40. The third kappa shape index (κ3) is 2.24. The molecule has 0 aliphatic carbocycles. The summed E-state index contributed by atoms with van der Waals surface area (Å²) in [6.07, 6.45) is 1.40. The van der Waals surface area contributed by atoms with Crippen LogP contribution in [0.1, 0.15) is 5.56 Å². The molecule has 0 fully saturated rings. The van der Waals surface area contributed by atoms with Crippen LogP contribution in [0.15, 0.2) is 22.2 Å². The number of hydrogen-bond donors (Lipinski definition) is 1. The molecule has 0 atom stereocenters. The zero-order valence-electron chi connectivity index (χ0n) is 8.57. The molecular weight excluding hydrogens is 288 g/mol. The molecule has 0 bridgehead atoms. The number of carbonyl (C=O) groups excluding carboxylic acids is 1. The Morgan fingerprint density at radius 2 is 2.29 bits per heavy atom. The number of primary amides is 1. The van der Waals surface area contributed by atoms with E-state index in [1.807, 2.05) is 0 Å². The van der Waals surface area contributed by atoms with Crippen LogP contribution in [-0.2, 0) is 4.79 Å². The number of ether oxygens (including phenoxy) is 2. The highest BCUT2D eigenvalue weighted by molar-refractivity contribution is 9.10. The van der Waals surface area contributed by atoms with E-state index in [2.05, 4.69) is 15.9 Å². The largest absolute Gasteiger partial charge is 0.454 e. The molecule has 5 nitrogen and oxygen atoms in total. The smallest absolute Gasteiger partial charge is 0.259 e. The molecule has 2 N–H and O–H groups in total. The molecule has 1 aromatic carbocycles. The average molecular weight is 295 g/mol. The summed E-state index contributed by atoms with van der Waals surface area (Å²) in [4.78, 5) is 10.9. The van der Waals surface area contributed by atoms with Crippen LogP contribution in [0.2, 0.25) is 0 Å². The van der Waals surface area contributed by atoms with Crippen molar-refractivity contribution >= 4 is 27.9 Å². The van der Waals surface area contributed by atoms with Crippen LogP contribution in [0.5, 0.6) is 11.5 Å². The van der Waals surface area contributed by atoms with Gasteiger partial charge in [-0.1, -0.05) is 0 Å². The van der Waals surface area contributed by atoms with Gasteiger partial charge in [-0.2, -0.15) is 5.26 Å². The Balaban J connectivity index is 2.45. The van der Waals surface area contributed by atoms with Crippen LogP contribution in [0, 0.1) is 11.3 Å². The van der Waals surface area contributed by atoms with E-state index in [1.165, 1.54) is 6.08 Å². The van der Waals surface area contributed by atoms with E-state index >= 15 is 0 Å². The summed E-state index contributed by atoms with van der Waals surface area (Å²) in [6, 6.07) is 5.13. The molecule has 6 heteroatoms. The number of nitrogens with zero attached hydrogens (tertiary/aromatic N) is 1. The average Bonchev–Trinajstić information content (AvgIpc) is 2.74. The lowest BCUT2D eigenvalue weighted by Crippen LogP contribution is -2.12. The van der Waals surface area contributed by atoms with Crippen molar-refractivity contribution in [3.8, 4) is 17.6 Å². The quantitative estimate of drug-likeness (QED) is 0.663. The molecule has 2 rings (SSSR count). The molecule has 17 heavy (non-hydrogen) atoms. The predicted molar refractivity (Wildman–Crippen MR) is 63.0 cm³/mol. The third-order valence-corrected chi connectivity index (χ3v) is 2.74. The minimum absolute atomic E-state index is 0.115. The van der Waals surface area contributed by atoms with Gasteiger partial charge in [-0.15, -0.1) is 0 Å². The molecule has 0 aromatic heterocycles. The monoisotopic (exact) mass is 294 g/mol. The standard InChI is InChI=1S/C11H7BrN2O3/c12-8-2-6(1-7(4-13)11(14)15)3-9-10(8)17-5-16-9/h1-3H,5H2,(H2,14,15)/b7-1+. The summed E-state index contributed by atoms with van der Waals surface area (Å²) in [5.74, 6) is 0.411. The van der Waals surface area contributed by atoms with Gasteiger partial charge in [-0.25, -0.2) is 0 Å². The topological polar surface area (TPSA) is 85.3 Å². The van der Waals surface area contributed by atoms with Crippen molar-refractivity contribution in [2.45, 2.75) is 0 Å². The molecule has 1 aromatic rings. The second-order valence-electron chi connectivity index (χ2n) is 3.27. The molecule has 1 heterocycles. The second-order valence-corrected chi connectivity index (χ2v) is 4.12. The summed E-state index contributed by atoms with van der Waals surface area (Å²) in [7, 11) is 0. The van der Waals surface area contributed by atoms with Crippen LogP contribution >= 0.6 is 15.9 Å². The van der Waals surface area contributed by atoms with E-state index in [-0.39, 0.29) is 12.4 Å². The number of halogens is 1. The van der Waals surface area contributed by atoms with Crippen LogP contribution in [0.25, 0.3) is 6.08 Å². The zero-order chi connectivity index (χ0) is 12.4. The van der Waals surface area contributed by atoms with Crippen molar-refractivity contribution < 1.29 is 14.3 Å². The number of hydrogen-bond acceptors (Lipinski definition) is 4. The number of benzene rings is 1. The molecule has 1 amide bonds. The lowest BCUT2D eigenvalue weighted by Gasteiger charge is -2.01. The molecule has 0 unspecified atom stereocenters. The Kier molecular flexibility index (Phi) is 3.02. The first-order valence-electron chi connectivity index (χ1n) is 4.62. The summed E-state index contributed by atoms with van der Waals surface area (Å²) >= 11 is 3.31. The minimum Gasteiger partial charge on any atom is -0.454 e. The first-order chi connectivity index (χ1) is 8.11. The summed E-state index contributed by atoms with van der Waals surface area (Å²) in [5.41, 5.74) is 5.57. The zero-order valence-corrected chi connectivity index (χ0v) is 10.2. The van der Waals surface area contributed by atoms with Gasteiger partial charge in [0.05, 0.1) is 4.47 Å². The van der Waals surface area contributed by atoms with Gasteiger partial charge in [0.2, 0.25) is 6.79 Å². The Morgan fingerprint density at radius 3 is 2.94 bits per heavy atom. The van der Waals surface area contributed by atoms with Gasteiger partial charge >= 0.3 is 0 Å². The summed E-state index contributed by atoms with van der Waals surface area (Å²) in [6.45, 7) is 0.155. The lowest BCUT2D eigenvalue weighted by molar-refractivity contribution is -0.114. The SMILES string of the molecule is N#C/C(=C\c1cc(Br)c2c(c1)OCO2)C(N)=O. The van der Waals surface area contributed by atoms with Crippen LogP contribution in [0.4, 0.5) is 0 Å². The van der Waals surface area contributed by atoms with E-state index in [0.717, 1.165) is 0 Å². The molecule has 0 saturated carbocycles. The lowest BCUT2D eigenvalue weighted by atomic mass is 10.1. The fourth-order valence-corrected chi connectivity index (χ4v) is 1.97.